The number of Topliss-reactive ketones (excluding diaryl/α,β-unsaturated/α-hetero) is 1. The van der Waals surface area contributed by atoms with E-state index in [4.69, 9.17) is 4.74 Å². The molecule has 21 heavy (non-hydrogen) atoms. The second kappa shape index (κ2) is 6.94. The number of ketones is 1. The number of hydrogen-bond donors (Lipinski definition) is 1. The maximum absolute atomic E-state index is 11.8. The predicted molar refractivity (Wildman–Crippen MR) is 79.6 cm³/mol. The Kier molecular flexibility index (Phi) is 4.99. The molecule has 0 bridgehead atoms. The maximum Gasteiger partial charge on any atom is 0.358 e. The first kappa shape index (κ1) is 15.1. The molecule has 7 heteroatoms. The van der Waals surface area contributed by atoms with Gasteiger partial charge in [-0.2, -0.15) is 0 Å². The monoisotopic (exact) mass is 305 g/mol. The van der Waals surface area contributed by atoms with Crippen LogP contribution in [0.3, 0.4) is 0 Å². The van der Waals surface area contributed by atoms with Gasteiger partial charge >= 0.3 is 5.97 Å². The predicted octanol–water partition coefficient (Wildman–Crippen LogP) is 2.53. The van der Waals surface area contributed by atoms with Crippen molar-refractivity contribution in [3.05, 3.63) is 40.7 Å². The molecule has 0 saturated carbocycles. The number of anilines is 1. The molecule has 2 heterocycles. The molecule has 0 fully saturated rings. The van der Waals surface area contributed by atoms with Crippen LogP contribution in [0.4, 0.5) is 5.13 Å². The lowest BCUT2D eigenvalue weighted by molar-refractivity contribution is 0.0517. The molecule has 0 unspecified atom stereocenters. The number of nitrogens with one attached hydrogen (secondary N) is 1. The number of nitrogens with zero attached hydrogens (tertiary/aromatic N) is 2. The SMILES string of the molecule is CCOC(=O)c1nc(NCc2ccncc2)sc1C(C)=O. The van der Waals surface area contributed by atoms with Crippen LogP contribution in [0.1, 0.15) is 39.6 Å². The minimum Gasteiger partial charge on any atom is -0.461 e. The molecule has 6 nitrogen and oxygen atoms in total. The summed E-state index contributed by atoms with van der Waals surface area (Å²) < 4.78 is 4.91. The fraction of sp³-hybridized carbons (Fsp3) is 0.286. The Labute approximate surface area is 126 Å². The van der Waals surface area contributed by atoms with Crippen LogP contribution in [-0.4, -0.2) is 28.3 Å². The summed E-state index contributed by atoms with van der Waals surface area (Å²) in [5.41, 5.74) is 1.11. The summed E-state index contributed by atoms with van der Waals surface area (Å²) >= 11 is 1.15. The van der Waals surface area contributed by atoms with Crippen molar-refractivity contribution in [3.8, 4) is 0 Å². The van der Waals surface area contributed by atoms with E-state index in [1.165, 1.54) is 6.92 Å². The van der Waals surface area contributed by atoms with Crippen molar-refractivity contribution in [2.24, 2.45) is 0 Å². The number of hydrogen-bond acceptors (Lipinski definition) is 7. The summed E-state index contributed by atoms with van der Waals surface area (Å²) in [5.74, 6) is -0.775. The Morgan fingerprint density at radius 3 is 2.67 bits per heavy atom. The topological polar surface area (TPSA) is 81.2 Å². The van der Waals surface area contributed by atoms with Crippen molar-refractivity contribution in [2.45, 2.75) is 20.4 Å². The van der Waals surface area contributed by atoms with E-state index >= 15 is 0 Å². The highest BCUT2D eigenvalue weighted by Crippen LogP contribution is 2.24. The average molecular weight is 305 g/mol. The molecule has 0 aliphatic heterocycles. The smallest absolute Gasteiger partial charge is 0.358 e. The van der Waals surface area contributed by atoms with E-state index in [1.807, 2.05) is 12.1 Å². The van der Waals surface area contributed by atoms with E-state index in [2.05, 4.69) is 15.3 Å². The molecule has 0 radical (unpaired) electrons. The molecule has 2 rings (SSSR count). The number of carbonyl (C=O) groups excluding carboxylic acids is 2. The van der Waals surface area contributed by atoms with Gasteiger partial charge in [0.15, 0.2) is 16.6 Å². The highest BCUT2D eigenvalue weighted by atomic mass is 32.1. The minimum atomic E-state index is -0.573. The summed E-state index contributed by atoms with van der Waals surface area (Å²) in [7, 11) is 0. The molecule has 0 aromatic carbocycles. The van der Waals surface area contributed by atoms with Crippen molar-refractivity contribution in [1.82, 2.24) is 9.97 Å². The molecule has 0 saturated heterocycles. The Balaban J connectivity index is 2.15. The first-order valence-electron chi connectivity index (χ1n) is 6.43. The van der Waals surface area contributed by atoms with Gasteiger partial charge in [0.25, 0.3) is 0 Å². The van der Waals surface area contributed by atoms with Gasteiger partial charge in [-0.3, -0.25) is 9.78 Å². The van der Waals surface area contributed by atoms with Crippen LogP contribution >= 0.6 is 11.3 Å². The standard InChI is InChI=1S/C14H15N3O3S/c1-3-20-13(19)11-12(9(2)18)21-14(17-11)16-8-10-4-6-15-7-5-10/h4-7H,3,8H2,1-2H3,(H,16,17). The van der Waals surface area contributed by atoms with Crippen molar-refractivity contribution in [2.75, 3.05) is 11.9 Å². The first-order valence-corrected chi connectivity index (χ1v) is 7.25. The quantitative estimate of drug-likeness (QED) is 0.652. The summed E-state index contributed by atoms with van der Waals surface area (Å²) in [6.45, 7) is 3.90. The summed E-state index contributed by atoms with van der Waals surface area (Å²) in [6.07, 6.45) is 3.40. The van der Waals surface area contributed by atoms with Gasteiger partial charge in [-0.1, -0.05) is 11.3 Å². The number of pyridine rings is 1. The molecule has 2 aromatic heterocycles. The highest BCUT2D eigenvalue weighted by molar-refractivity contribution is 7.17. The number of esters is 1. The molecule has 0 aliphatic carbocycles. The zero-order valence-corrected chi connectivity index (χ0v) is 12.6. The second-order valence-corrected chi connectivity index (χ2v) is 5.18. The van der Waals surface area contributed by atoms with Crippen molar-refractivity contribution in [3.63, 3.8) is 0 Å². The Morgan fingerprint density at radius 2 is 2.05 bits per heavy atom. The van der Waals surface area contributed by atoms with E-state index in [0.717, 1.165) is 16.9 Å². The number of ether oxygens (including phenoxy) is 1. The van der Waals surface area contributed by atoms with E-state index in [0.29, 0.717) is 16.6 Å². The van der Waals surface area contributed by atoms with Gasteiger partial charge in [0.05, 0.1) is 6.61 Å². The Morgan fingerprint density at radius 1 is 1.33 bits per heavy atom. The third kappa shape index (κ3) is 3.85. The molecule has 0 amide bonds. The molecule has 0 atom stereocenters. The zero-order chi connectivity index (χ0) is 15.2. The van der Waals surface area contributed by atoms with Gasteiger partial charge < -0.3 is 10.1 Å². The maximum atomic E-state index is 11.8. The highest BCUT2D eigenvalue weighted by Gasteiger charge is 2.22. The molecule has 110 valence electrons. The van der Waals surface area contributed by atoms with Gasteiger partial charge in [-0.05, 0) is 24.6 Å². The summed E-state index contributed by atoms with van der Waals surface area (Å²) in [5, 5.41) is 3.61. The van der Waals surface area contributed by atoms with E-state index in [1.54, 1.807) is 19.3 Å². The summed E-state index contributed by atoms with van der Waals surface area (Å²) in [6, 6.07) is 3.75. The van der Waals surface area contributed by atoms with Crippen LogP contribution in [0.2, 0.25) is 0 Å². The van der Waals surface area contributed by atoms with Crippen molar-refractivity contribution in [1.29, 1.82) is 0 Å². The van der Waals surface area contributed by atoms with Gasteiger partial charge in [0.2, 0.25) is 0 Å². The molecule has 2 aromatic rings. The van der Waals surface area contributed by atoms with Crippen LogP contribution < -0.4 is 5.32 Å². The van der Waals surface area contributed by atoms with Crippen molar-refractivity contribution < 1.29 is 14.3 Å². The van der Waals surface area contributed by atoms with Crippen molar-refractivity contribution >= 4 is 28.2 Å². The molecule has 0 spiro atoms. The number of rotatable bonds is 6. The van der Waals surface area contributed by atoms with Crippen LogP contribution in [0.15, 0.2) is 24.5 Å². The third-order valence-electron chi connectivity index (χ3n) is 2.61. The lowest BCUT2D eigenvalue weighted by atomic mass is 10.3. The summed E-state index contributed by atoms with van der Waals surface area (Å²) in [4.78, 5) is 31.8. The molecular formula is C14H15N3O3S. The third-order valence-corrected chi connectivity index (χ3v) is 3.72. The van der Waals surface area contributed by atoms with E-state index < -0.39 is 5.97 Å². The van der Waals surface area contributed by atoms with E-state index in [-0.39, 0.29) is 18.1 Å². The lowest BCUT2D eigenvalue weighted by Gasteiger charge is -2.01. The minimum absolute atomic E-state index is 0.0755. The number of thiazole rings is 1. The molecule has 1 N–H and O–H groups in total. The van der Waals surface area contributed by atoms with Gasteiger partial charge in [-0.15, -0.1) is 0 Å². The fourth-order valence-corrected chi connectivity index (χ4v) is 2.49. The zero-order valence-electron chi connectivity index (χ0n) is 11.8. The normalized spacial score (nSPS) is 10.2. The van der Waals surface area contributed by atoms with Gasteiger partial charge in [-0.25, -0.2) is 9.78 Å². The second-order valence-electron chi connectivity index (χ2n) is 4.18. The van der Waals surface area contributed by atoms with Gasteiger partial charge in [0, 0.05) is 25.9 Å². The molecule has 0 aliphatic rings. The van der Waals surface area contributed by atoms with Crippen LogP contribution in [0.25, 0.3) is 0 Å². The average Bonchev–Trinajstić information content (AvgIpc) is 2.91. The number of carbonyl (C=O) groups is 2. The number of aromatic nitrogens is 2. The Hall–Kier alpha value is -2.28. The van der Waals surface area contributed by atoms with Crippen LogP contribution in [-0.2, 0) is 11.3 Å². The van der Waals surface area contributed by atoms with E-state index in [9.17, 15) is 9.59 Å². The van der Waals surface area contributed by atoms with Gasteiger partial charge in [0.1, 0.15) is 4.88 Å². The first-order chi connectivity index (χ1) is 10.1. The Bertz CT molecular complexity index is 640. The van der Waals surface area contributed by atoms with Crippen LogP contribution in [0.5, 0.6) is 0 Å². The molecular weight excluding hydrogens is 290 g/mol. The van der Waals surface area contributed by atoms with Crippen LogP contribution in [0, 0.1) is 0 Å². The lowest BCUT2D eigenvalue weighted by Crippen LogP contribution is -2.09. The largest absolute Gasteiger partial charge is 0.461 e. The fourth-order valence-electron chi connectivity index (χ4n) is 1.65.